The highest BCUT2D eigenvalue weighted by Crippen LogP contribution is 2.61. The molecule has 0 aromatic heterocycles. The van der Waals surface area contributed by atoms with E-state index in [-0.39, 0.29) is 0 Å². The van der Waals surface area contributed by atoms with Crippen LogP contribution in [0.5, 0.6) is 0 Å². The first-order valence-corrected chi connectivity index (χ1v) is 7.08. The summed E-state index contributed by atoms with van der Waals surface area (Å²) in [6.07, 6.45) is 0. The lowest BCUT2D eigenvalue weighted by Gasteiger charge is -2.33. The second kappa shape index (κ2) is 7.05. The molecule has 4 nitrogen and oxygen atoms in total. The van der Waals surface area contributed by atoms with Gasteiger partial charge in [0, 0.05) is 26.0 Å². The monoisotopic (exact) mass is 248 g/mol. The Morgan fingerprint density at radius 1 is 1.25 bits per heavy atom. The van der Waals surface area contributed by atoms with Gasteiger partial charge in [0.05, 0.1) is 6.61 Å². The zero-order valence-corrected chi connectivity index (χ0v) is 11.4. The quantitative estimate of drug-likeness (QED) is 0.375. The molecule has 0 spiro atoms. The Morgan fingerprint density at radius 2 is 1.75 bits per heavy atom. The van der Waals surface area contributed by atoms with Gasteiger partial charge in [0.1, 0.15) is 0 Å². The van der Waals surface area contributed by atoms with Gasteiger partial charge in [-0.1, -0.05) is 6.58 Å². The maximum atomic E-state index is 12.6. The Kier molecular flexibility index (Phi) is 6.89. The van der Waals surface area contributed by atoms with Crippen molar-refractivity contribution in [2.45, 2.75) is 33.2 Å². The van der Waals surface area contributed by atoms with Crippen LogP contribution in [-0.2, 0) is 18.6 Å². The Bertz CT molecular complexity index is 288. The molecule has 1 atom stereocenters. The summed E-state index contributed by atoms with van der Waals surface area (Å²) in [7, 11) is -3.22. The van der Waals surface area contributed by atoms with Crippen molar-refractivity contribution in [1.82, 2.24) is 0 Å². The van der Waals surface area contributed by atoms with Gasteiger partial charge in [-0.3, -0.25) is 4.57 Å². The Labute approximate surface area is 97.7 Å². The number of hydrogen-bond donors (Lipinski definition) is 0. The van der Waals surface area contributed by atoms with Gasteiger partial charge in [0.15, 0.2) is 0 Å². The SMILES string of the molecule is C=C=CP(=O)(OCC)C(C)(OCC)OCC. The lowest BCUT2D eigenvalue weighted by Crippen LogP contribution is -2.32. The summed E-state index contributed by atoms with van der Waals surface area (Å²) in [6.45, 7) is 11.5. The maximum Gasteiger partial charge on any atom is 0.289 e. The fraction of sp³-hybridized carbons (Fsp3) is 0.727. The summed E-state index contributed by atoms with van der Waals surface area (Å²) in [6, 6.07) is 0. The maximum absolute atomic E-state index is 12.6. The van der Waals surface area contributed by atoms with Crippen LogP contribution >= 0.6 is 7.37 Å². The van der Waals surface area contributed by atoms with Crippen molar-refractivity contribution in [2.75, 3.05) is 19.8 Å². The Hall–Kier alpha value is -0.370. The minimum atomic E-state index is -3.22. The second-order valence-electron chi connectivity index (χ2n) is 3.11. The zero-order valence-electron chi connectivity index (χ0n) is 10.5. The third-order valence-electron chi connectivity index (χ3n) is 1.97. The van der Waals surface area contributed by atoms with E-state index >= 15 is 0 Å². The van der Waals surface area contributed by atoms with Crippen LogP contribution in [-0.4, -0.2) is 25.3 Å². The molecule has 0 aromatic carbocycles. The third kappa shape index (κ3) is 3.58. The smallest absolute Gasteiger partial charge is 0.289 e. The molecular weight excluding hydrogens is 227 g/mol. The molecule has 0 amide bonds. The lowest BCUT2D eigenvalue weighted by atomic mass is 10.7. The largest absolute Gasteiger partial charge is 0.342 e. The Morgan fingerprint density at radius 3 is 2.06 bits per heavy atom. The van der Waals surface area contributed by atoms with E-state index < -0.39 is 12.9 Å². The molecule has 0 saturated carbocycles. The molecule has 0 rings (SSSR count). The van der Waals surface area contributed by atoms with Gasteiger partial charge in [-0.2, -0.15) is 0 Å². The van der Waals surface area contributed by atoms with Crippen molar-refractivity contribution in [2.24, 2.45) is 0 Å². The number of ether oxygens (including phenoxy) is 2. The standard InChI is InChI=1S/C11H21O4P/c1-6-10-16(12,15-9-4)11(5,13-7-2)14-8-3/h10H,1,7-9H2,2-5H3. The molecule has 0 N–H and O–H groups in total. The zero-order chi connectivity index (χ0) is 12.7. The van der Waals surface area contributed by atoms with Crippen molar-refractivity contribution < 1.29 is 18.6 Å². The average Bonchev–Trinajstić information content (AvgIpc) is 2.19. The topological polar surface area (TPSA) is 44.8 Å². The molecule has 0 aliphatic heterocycles. The van der Waals surface area contributed by atoms with Gasteiger partial charge in [-0.25, -0.2) is 0 Å². The molecule has 0 aromatic rings. The molecule has 0 aliphatic carbocycles. The van der Waals surface area contributed by atoms with Crippen molar-refractivity contribution >= 4 is 7.37 Å². The van der Waals surface area contributed by atoms with E-state index in [1.165, 1.54) is 5.82 Å². The molecule has 1 unspecified atom stereocenters. The van der Waals surface area contributed by atoms with Crippen molar-refractivity contribution in [3.63, 3.8) is 0 Å². The third-order valence-corrected chi connectivity index (χ3v) is 4.53. The van der Waals surface area contributed by atoms with Gasteiger partial charge in [-0.15, -0.1) is 5.73 Å². The van der Waals surface area contributed by atoms with Crippen LogP contribution < -0.4 is 0 Å². The van der Waals surface area contributed by atoms with Crippen LogP contribution in [0.2, 0.25) is 0 Å². The summed E-state index contributed by atoms with van der Waals surface area (Å²) in [5.41, 5.74) is 1.23. The van der Waals surface area contributed by atoms with Crippen molar-refractivity contribution in [3.8, 4) is 0 Å². The normalized spacial score (nSPS) is 15.2. The molecule has 0 radical (unpaired) electrons. The fourth-order valence-electron chi connectivity index (χ4n) is 1.34. The molecule has 0 aliphatic rings. The first-order chi connectivity index (χ1) is 7.49. The van der Waals surface area contributed by atoms with E-state index in [9.17, 15) is 4.57 Å². The van der Waals surface area contributed by atoms with Gasteiger partial charge < -0.3 is 14.0 Å². The van der Waals surface area contributed by atoms with Crippen LogP contribution in [0.15, 0.2) is 18.1 Å². The second-order valence-corrected chi connectivity index (χ2v) is 5.63. The van der Waals surface area contributed by atoms with Crippen LogP contribution in [0, 0.1) is 0 Å². The summed E-state index contributed by atoms with van der Waals surface area (Å²) in [5.74, 6) is 1.31. The van der Waals surface area contributed by atoms with Crippen molar-refractivity contribution in [1.29, 1.82) is 0 Å². The minimum Gasteiger partial charge on any atom is -0.342 e. The van der Waals surface area contributed by atoms with Gasteiger partial charge in [-0.05, 0) is 20.8 Å². The predicted octanol–water partition coefficient (Wildman–Crippen LogP) is 3.35. The van der Waals surface area contributed by atoms with Gasteiger partial charge >= 0.3 is 0 Å². The summed E-state index contributed by atoms with van der Waals surface area (Å²) >= 11 is 0. The molecule has 94 valence electrons. The minimum absolute atomic E-state index is 0.311. The molecule has 16 heavy (non-hydrogen) atoms. The highest BCUT2D eigenvalue weighted by molar-refractivity contribution is 7.63. The molecule has 0 bridgehead atoms. The molecule has 0 heterocycles. The summed E-state index contributed by atoms with van der Waals surface area (Å²) in [5, 5.41) is 0. The van der Waals surface area contributed by atoms with Crippen molar-refractivity contribution in [3.05, 3.63) is 18.1 Å². The molecule has 0 fully saturated rings. The summed E-state index contributed by atoms with van der Waals surface area (Å²) < 4.78 is 28.7. The van der Waals surface area contributed by atoms with Gasteiger partial charge in [0.2, 0.25) is 5.53 Å². The van der Waals surface area contributed by atoms with E-state index in [1.807, 2.05) is 13.8 Å². The lowest BCUT2D eigenvalue weighted by molar-refractivity contribution is -0.166. The van der Waals surface area contributed by atoms with Crippen LogP contribution in [0.1, 0.15) is 27.7 Å². The molecular formula is C11H21O4P. The molecule has 5 heteroatoms. The average molecular weight is 248 g/mol. The van der Waals surface area contributed by atoms with E-state index in [0.29, 0.717) is 19.8 Å². The number of rotatable bonds is 8. The van der Waals surface area contributed by atoms with E-state index in [0.717, 1.165) is 0 Å². The first kappa shape index (κ1) is 15.6. The summed E-state index contributed by atoms with van der Waals surface area (Å²) in [4.78, 5) is 0. The van der Waals surface area contributed by atoms with Gasteiger partial charge in [0.25, 0.3) is 7.37 Å². The Balaban J connectivity index is 5.23. The number of hydrogen-bond acceptors (Lipinski definition) is 4. The highest BCUT2D eigenvalue weighted by atomic mass is 31.2. The van der Waals surface area contributed by atoms with E-state index in [4.69, 9.17) is 14.0 Å². The van der Waals surface area contributed by atoms with Crippen LogP contribution in [0.3, 0.4) is 0 Å². The predicted molar refractivity (Wildman–Crippen MR) is 64.6 cm³/mol. The van der Waals surface area contributed by atoms with E-state index in [2.05, 4.69) is 12.3 Å². The molecule has 0 saturated heterocycles. The first-order valence-electron chi connectivity index (χ1n) is 5.38. The highest BCUT2D eigenvalue weighted by Gasteiger charge is 2.46. The van der Waals surface area contributed by atoms with E-state index in [1.54, 1.807) is 13.8 Å². The fourth-order valence-corrected chi connectivity index (χ4v) is 3.13. The van der Waals surface area contributed by atoms with Crippen LogP contribution in [0.4, 0.5) is 0 Å². The van der Waals surface area contributed by atoms with Crippen LogP contribution in [0.25, 0.3) is 0 Å².